The average molecular weight is 494 g/mol. The van der Waals surface area contributed by atoms with E-state index in [2.05, 4.69) is 16.0 Å². The Kier molecular flexibility index (Phi) is 9.42. The van der Waals surface area contributed by atoms with Gasteiger partial charge in [0.05, 0.1) is 15.8 Å². The van der Waals surface area contributed by atoms with Gasteiger partial charge in [-0.3, -0.25) is 9.59 Å². The third kappa shape index (κ3) is 8.32. The minimum atomic E-state index is -1.38. The van der Waals surface area contributed by atoms with E-state index in [-0.39, 0.29) is 29.6 Å². The predicted molar refractivity (Wildman–Crippen MR) is 127 cm³/mol. The van der Waals surface area contributed by atoms with Crippen LogP contribution in [0.25, 0.3) is 0 Å². The lowest BCUT2D eigenvalue weighted by atomic mass is 10.2. The molecule has 1 heterocycles. The van der Waals surface area contributed by atoms with Crippen LogP contribution in [0.4, 0.5) is 4.79 Å². The number of carbonyl (C=O) groups excluding carboxylic acids is 3. The summed E-state index contributed by atoms with van der Waals surface area (Å²) >= 11 is 1.000. The Morgan fingerprint density at radius 1 is 1.12 bits per heavy atom. The Morgan fingerprint density at radius 2 is 1.82 bits per heavy atom. The molecule has 0 saturated heterocycles. The van der Waals surface area contributed by atoms with E-state index >= 15 is 0 Å². The highest BCUT2D eigenvalue weighted by molar-refractivity contribution is 7.16. The van der Waals surface area contributed by atoms with Crippen molar-refractivity contribution in [3.8, 4) is 5.75 Å². The number of thiophene rings is 1. The zero-order valence-electron chi connectivity index (χ0n) is 19.8. The number of aliphatic hydroxyl groups is 1. The highest BCUT2D eigenvalue weighted by atomic mass is 32.1. The number of nitrogens with one attached hydrogen (secondary N) is 3. The lowest BCUT2D eigenvalue weighted by Crippen LogP contribution is -2.51. The van der Waals surface area contributed by atoms with Crippen LogP contribution in [0.2, 0.25) is 0 Å². The number of aromatic hydroxyl groups is 1. The third-order valence-corrected chi connectivity index (χ3v) is 5.71. The SMILES string of the molecule is COC(O)C(CNC(=O)OC(C)(C)C)NC(=O)c1sc(C(=O)NCc2cccc(O)c2)cc1C. The zero-order valence-corrected chi connectivity index (χ0v) is 20.6. The molecule has 1 aromatic carbocycles. The van der Waals surface area contributed by atoms with Gasteiger partial charge in [-0.05, 0) is 57.0 Å². The molecule has 0 saturated carbocycles. The molecule has 186 valence electrons. The number of rotatable bonds is 9. The number of amides is 3. The number of carbonyl (C=O) groups is 3. The Bertz CT molecular complexity index is 1020. The van der Waals surface area contributed by atoms with E-state index in [4.69, 9.17) is 9.47 Å². The smallest absolute Gasteiger partial charge is 0.407 e. The summed E-state index contributed by atoms with van der Waals surface area (Å²) in [6, 6.07) is 7.16. The van der Waals surface area contributed by atoms with E-state index in [9.17, 15) is 24.6 Å². The Balaban J connectivity index is 2.02. The molecule has 2 aromatic rings. The normalized spacial score (nSPS) is 13.0. The van der Waals surface area contributed by atoms with Gasteiger partial charge >= 0.3 is 6.09 Å². The number of methoxy groups -OCH3 is 1. The third-order valence-electron chi connectivity index (χ3n) is 4.48. The number of aliphatic hydroxyl groups excluding tert-OH is 1. The number of hydrogen-bond acceptors (Lipinski definition) is 8. The molecule has 2 atom stereocenters. The molecule has 0 radical (unpaired) electrons. The monoisotopic (exact) mass is 493 g/mol. The van der Waals surface area contributed by atoms with Crippen molar-refractivity contribution < 1.29 is 34.1 Å². The van der Waals surface area contributed by atoms with Gasteiger partial charge in [-0.25, -0.2) is 4.79 Å². The maximum absolute atomic E-state index is 12.9. The molecule has 3 amide bonds. The van der Waals surface area contributed by atoms with Crippen molar-refractivity contribution >= 4 is 29.2 Å². The minimum absolute atomic E-state index is 0.103. The van der Waals surface area contributed by atoms with Crippen LogP contribution in [0.3, 0.4) is 0 Å². The molecular formula is C23H31N3O7S. The quantitative estimate of drug-likeness (QED) is 0.337. The second-order valence-electron chi connectivity index (χ2n) is 8.56. The second-order valence-corrected chi connectivity index (χ2v) is 9.62. The van der Waals surface area contributed by atoms with Crippen molar-refractivity contribution in [1.29, 1.82) is 0 Å². The summed E-state index contributed by atoms with van der Waals surface area (Å²) in [6.45, 7) is 6.91. The summed E-state index contributed by atoms with van der Waals surface area (Å²) in [5.41, 5.74) is 0.610. The fourth-order valence-electron chi connectivity index (χ4n) is 2.88. The summed E-state index contributed by atoms with van der Waals surface area (Å²) in [7, 11) is 1.27. The molecular weight excluding hydrogens is 462 g/mol. The Morgan fingerprint density at radius 3 is 2.44 bits per heavy atom. The van der Waals surface area contributed by atoms with Gasteiger partial charge in [0.25, 0.3) is 11.8 Å². The molecule has 5 N–H and O–H groups in total. The number of phenols is 1. The Labute approximate surface area is 202 Å². The summed E-state index contributed by atoms with van der Waals surface area (Å²) < 4.78 is 10.1. The zero-order chi connectivity index (χ0) is 25.5. The van der Waals surface area contributed by atoms with Crippen LogP contribution in [-0.4, -0.2) is 59.7 Å². The first-order valence-electron chi connectivity index (χ1n) is 10.5. The van der Waals surface area contributed by atoms with E-state index in [1.807, 2.05) is 0 Å². The number of ether oxygens (including phenoxy) is 2. The lowest BCUT2D eigenvalue weighted by molar-refractivity contribution is -0.0941. The van der Waals surface area contributed by atoms with Gasteiger partial charge in [-0.15, -0.1) is 11.3 Å². The molecule has 0 aliphatic rings. The van der Waals surface area contributed by atoms with E-state index in [1.165, 1.54) is 13.2 Å². The molecule has 2 rings (SSSR count). The minimum Gasteiger partial charge on any atom is -0.508 e. The fraction of sp³-hybridized carbons (Fsp3) is 0.435. The van der Waals surface area contributed by atoms with E-state index < -0.39 is 29.9 Å². The van der Waals surface area contributed by atoms with E-state index in [1.54, 1.807) is 52.0 Å². The topological polar surface area (TPSA) is 146 Å². The number of phenolic OH excluding ortho intramolecular Hbond substituents is 1. The maximum Gasteiger partial charge on any atom is 0.407 e. The van der Waals surface area contributed by atoms with Crippen molar-refractivity contribution in [2.45, 2.75) is 52.2 Å². The van der Waals surface area contributed by atoms with Gasteiger partial charge in [0, 0.05) is 20.2 Å². The largest absolute Gasteiger partial charge is 0.508 e. The van der Waals surface area contributed by atoms with E-state index in [0.29, 0.717) is 10.4 Å². The average Bonchev–Trinajstić information content (AvgIpc) is 3.15. The van der Waals surface area contributed by atoms with Gasteiger partial charge < -0.3 is 35.6 Å². The van der Waals surface area contributed by atoms with Crippen LogP contribution in [0.1, 0.15) is 51.2 Å². The lowest BCUT2D eigenvalue weighted by Gasteiger charge is -2.25. The number of benzene rings is 1. The molecule has 11 heteroatoms. The highest BCUT2D eigenvalue weighted by Crippen LogP contribution is 2.22. The van der Waals surface area contributed by atoms with Crippen LogP contribution >= 0.6 is 11.3 Å². The van der Waals surface area contributed by atoms with Crippen LogP contribution in [-0.2, 0) is 16.0 Å². The first kappa shape index (κ1) is 27.1. The predicted octanol–water partition coefficient (Wildman–Crippen LogP) is 2.28. The van der Waals surface area contributed by atoms with Crippen molar-refractivity contribution in [2.75, 3.05) is 13.7 Å². The molecule has 0 spiro atoms. The van der Waals surface area contributed by atoms with Crippen LogP contribution in [0.15, 0.2) is 30.3 Å². The molecule has 34 heavy (non-hydrogen) atoms. The molecule has 2 unspecified atom stereocenters. The molecule has 0 bridgehead atoms. The van der Waals surface area contributed by atoms with Crippen molar-refractivity contribution in [2.24, 2.45) is 0 Å². The van der Waals surface area contributed by atoms with Gasteiger partial charge in [-0.2, -0.15) is 0 Å². The van der Waals surface area contributed by atoms with Crippen LogP contribution < -0.4 is 16.0 Å². The van der Waals surface area contributed by atoms with Gasteiger partial charge in [0.15, 0.2) is 6.29 Å². The summed E-state index contributed by atoms with van der Waals surface area (Å²) in [5.74, 6) is -0.788. The van der Waals surface area contributed by atoms with Crippen molar-refractivity contribution in [1.82, 2.24) is 16.0 Å². The maximum atomic E-state index is 12.9. The van der Waals surface area contributed by atoms with Crippen molar-refractivity contribution in [3.63, 3.8) is 0 Å². The van der Waals surface area contributed by atoms with Crippen LogP contribution in [0.5, 0.6) is 5.75 Å². The highest BCUT2D eigenvalue weighted by Gasteiger charge is 2.26. The first-order valence-corrected chi connectivity index (χ1v) is 11.4. The Hall–Kier alpha value is -3.15. The molecule has 10 nitrogen and oxygen atoms in total. The molecule has 0 aliphatic carbocycles. The van der Waals surface area contributed by atoms with Gasteiger partial charge in [-0.1, -0.05) is 12.1 Å². The first-order chi connectivity index (χ1) is 15.9. The second kappa shape index (κ2) is 11.8. The van der Waals surface area contributed by atoms with Gasteiger partial charge in [0.1, 0.15) is 11.4 Å². The van der Waals surface area contributed by atoms with E-state index in [0.717, 1.165) is 16.9 Å². The summed E-state index contributed by atoms with van der Waals surface area (Å²) in [4.78, 5) is 37.9. The number of hydrogen-bond donors (Lipinski definition) is 5. The summed E-state index contributed by atoms with van der Waals surface area (Å²) in [6.07, 6.45) is -2.09. The van der Waals surface area contributed by atoms with Crippen molar-refractivity contribution in [3.05, 3.63) is 51.2 Å². The standard InChI is InChI=1S/C23H31N3O7S/c1-13-9-17(19(28)24-11-14-7-6-8-15(27)10-14)34-18(13)20(29)26-16(21(30)32-5)12-25-22(31)33-23(2,3)4/h6-10,16,21,27,30H,11-12H2,1-5H3,(H,24,28)(H,25,31)(H,26,29). The van der Waals surface area contributed by atoms with Crippen LogP contribution in [0, 0.1) is 6.92 Å². The number of alkyl carbamates (subject to hydrolysis) is 1. The molecule has 0 aliphatic heterocycles. The van der Waals surface area contributed by atoms with Gasteiger partial charge in [0.2, 0.25) is 0 Å². The molecule has 1 aromatic heterocycles. The summed E-state index contributed by atoms with van der Waals surface area (Å²) in [5, 5.41) is 27.5. The molecule has 0 fully saturated rings. The number of aryl methyl sites for hydroxylation is 1. The fourth-order valence-corrected chi connectivity index (χ4v) is 3.88.